The molecule has 0 heterocycles. The van der Waals surface area contributed by atoms with Crippen LogP contribution in [-0.4, -0.2) is 16.3 Å². The number of benzene rings is 1. The van der Waals surface area contributed by atoms with Crippen LogP contribution >= 0.6 is 0 Å². The summed E-state index contributed by atoms with van der Waals surface area (Å²) in [6.07, 6.45) is 5.46. The Morgan fingerprint density at radius 2 is 2.04 bits per heavy atom. The van der Waals surface area contributed by atoms with Crippen molar-refractivity contribution in [1.82, 2.24) is 0 Å². The highest BCUT2D eigenvalue weighted by Crippen LogP contribution is 2.63. The van der Waals surface area contributed by atoms with Gasteiger partial charge < -0.3 is 10.2 Å². The number of aromatic hydroxyl groups is 1. The van der Waals surface area contributed by atoms with Gasteiger partial charge in [-0.05, 0) is 90.4 Å². The fraction of sp³-hybridized carbons (Fsp3) is 0.714. The number of aliphatic hydroxyl groups is 1. The monoisotopic (exact) mass is 314 g/mol. The van der Waals surface area contributed by atoms with Gasteiger partial charge in [-0.15, -0.1) is 0 Å². The lowest BCUT2D eigenvalue weighted by atomic mass is 9.51. The Morgan fingerprint density at radius 1 is 1.26 bits per heavy atom. The maximum atomic E-state index is 10.3. The van der Waals surface area contributed by atoms with Crippen molar-refractivity contribution in [1.29, 1.82) is 0 Å². The van der Waals surface area contributed by atoms with Gasteiger partial charge in [-0.3, -0.25) is 0 Å². The predicted molar refractivity (Wildman–Crippen MR) is 92.4 cm³/mol. The van der Waals surface area contributed by atoms with E-state index in [0.29, 0.717) is 40.8 Å². The third-order valence-corrected chi connectivity index (χ3v) is 7.41. The minimum Gasteiger partial charge on any atom is -0.508 e. The summed E-state index contributed by atoms with van der Waals surface area (Å²) in [5, 5.41) is 20.2. The van der Waals surface area contributed by atoms with Gasteiger partial charge in [0, 0.05) is 0 Å². The van der Waals surface area contributed by atoms with Gasteiger partial charge in [0.2, 0.25) is 0 Å². The Kier molecular flexibility index (Phi) is 3.53. The van der Waals surface area contributed by atoms with Crippen LogP contribution in [0.4, 0.5) is 0 Å². The smallest absolute Gasteiger partial charge is 0.115 e. The SMILES string of the molecule is CC(C)[C@H]1Cc2cc(O)ccc2[C@H]2CC[C@]3(C)C[C@H](O)C[C@H]3[C@@H]21. The number of aliphatic hydroxyl groups excluding tert-OH is 1. The van der Waals surface area contributed by atoms with Crippen molar-refractivity contribution < 1.29 is 10.2 Å². The Bertz CT molecular complexity index is 608. The van der Waals surface area contributed by atoms with Crippen LogP contribution in [0.1, 0.15) is 63.5 Å². The number of phenolic OH excluding ortho intramolecular Hbond substituents is 1. The van der Waals surface area contributed by atoms with E-state index in [1.54, 1.807) is 0 Å². The molecule has 2 N–H and O–H groups in total. The molecular formula is C21H30O2. The maximum absolute atomic E-state index is 10.3. The van der Waals surface area contributed by atoms with E-state index in [-0.39, 0.29) is 6.10 Å². The molecule has 2 saturated carbocycles. The third kappa shape index (κ3) is 2.33. The number of rotatable bonds is 1. The first-order valence-corrected chi connectivity index (χ1v) is 9.39. The molecule has 1 aromatic rings. The summed E-state index contributed by atoms with van der Waals surface area (Å²) in [5.74, 6) is 3.70. The Labute approximate surface area is 139 Å². The second-order valence-electron chi connectivity index (χ2n) is 9.07. The molecule has 2 heteroatoms. The highest BCUT2D eigenvalue weighted by Gasteiger charge is 2.55. The molecular weight excluding hydrogens is 284 g/mol. The van der Waals surface area contributed by atoms with Gasteiger partial charge in [0.1, 0.15) is 5.75 Å². The molecule has 0 aromatic heterocycles. The first-order valence-electron chi connectivity index (χ1n) is 9.39. The zero-order chi connectivity index (χ0) is 16.4. The lowest BCUT2D eigenvalue weighted by molar-refractivity contribution is 0.0112. The molecule has 6 atom stereocenters. The maximum Gasteiger partial charge on any atom is 0.115 e. The zero-order valence-corrected chi connectivity index (χ0v) is 14.6. The molecule has 0 spiro atoms. The van der Waals surface area contributed by atoms with Gasteiger partial charge in [-0.1, -0.05) is 26.8 Å². The summed E-state index contributed by atoms with van der Waals surface area (Å²) in [7, 11) is 0. The van der Waals surface area contributed by atoms with Crippen LogP contribution in [0.5, 0.6) is 5.75 Å². The topological polar surface area (TPSA) is 40.5 Å². The molecule has 2 fully saturated rings. The second kappa shape index (κ2) is 5.24. The lowest BCUT2D eigenvalue weighted by Crippen LogP contribution is -2.45. The highest BCUT2D eigenvalue weighted by atomic mass is 16.3. The molecule has 3 aliphatic rings. The molecule has 0 unspecified atom stereocenters. The number of fused-ring (bicyclic) bond motifs is 5. The van der Waals surface area contributed by atoms with Gasteiger partial charge in [0.15, 0.2) is 0 Å². The molecule has 0 saturated heterocycles. The minimum atomic E-state index is -0.0993. The fourth-order valence-electron chi connectivity index (χ4n) is 6.38. The summed E-state index contributed by atoms with van der Waals surface area (Å²) in [5.41, 5.74) is 3.18. The average molecular weight is 314 g/mol. The predicted octanol–water partition coefficient (Wildman–Crippen LogP) is 4.49. The van der Waals surface area contributed by atoms with Gasteiger partial charge in [0.25, 0.3) is 0 Å². The molecule has 23 heavy (non-hydrogen) atoms. The summed E-state index contributed by atoms with van der Waals surface area (Å²) >= 11 is 0. The van der Waals surface area contributed by atoms with Crippen LogP contribution in [0.25, 0.3) is 0 Å². The van der Waals surface area contributed by atoms with E-state index in [9.17, 15) is 10.2 Å². The minimum absolute atomic E-state index is 0.0993. The van der Waals surface area contributed by atoms with E-state index in [1.807, 2.05) is 12.1 Å². The van der Waals surface area contributed by atoms with E-state index in [4.69, 9.17) is 0 Å². The standard InChI is InChI=1S/C21H30O2/c1-12(2)18-9-13-8-14(22)4-5-16(13)17-6-7-21(3)11-15(23)10-19(21)20(17)18/h4-5,8,12,15,17-20,22-23H,6-7,9-11H2,1-3H3/t15-,17-,18-,19+,20+,21-/m1/s1. The van der Waals surface area contributed by atoms with E-state index in [2.05, 4.69) is 26.8 Å². The molecule has 0 amide bonds. The number of phenols is 1. The average Bonchev–Trinajstić information content (AvgIpc) is 2.79. The number of hydrogen-bond donors (Lipinski definition) is 2. The van der Waals surface area contributed by atoms with Gasteiger partial charge in [0.05, 0.1) is 6.10 Å². The summed E-state index contributed by atoms with van der Waals surface area (Å²) in [6.45, 7) is 7.13. The largest absolute Gasteiger partial charge is 0.508 e. The van der Waals surface area contributed by atoms with Gasteiger partial charge in [-0.25, -0.2) is 0 Å². The molecule has 126 valence electrons. The summed E-state index contributed by atoms with van der Waals surface area (Å²) in [6, 6.07) is 6.04. The van der Waals surface area contributed by atoms with Crippen molar-refractivity contribution in [2.24, 2.45) is 29.1 Å². The van der Waals surface area contributed by atoms with E-state index < -0.39 is 0 Å². The molecule has 2 nitrogen and oxygen atoms in total. The highest BCUT2D eigenvalue weighted by molar-refractivity contribution is 5.40. The Hall–Kier alpha value is -1.02. The van der Waals surface area contributed by atoms with Crippen molar-refractivity contribution in [3.63, 3.8) is 0 Å². The molecule has 0 bridgehead atoms. The first kappa shape index (κ1) is 15.5. The van der Waals surface area contributed by atoms with Crippen molar-refractivity contribution in [3.05, 3.63) is 29.3 Å². The number of hydrogen-bond acceptors (Lipinski definition) is 2. The van der Waals surface area contributed by atoms with E-state index in [0.717, 1.165) is 19.3 Å². The fourth-order valence-corrected chi connectivity index (χ4v) is 6.38. The van der Waals surface area contributed by atoms with Crippen molar-refractivity contribution in [2.75, 3.05) is 0 Å². The third-order valence-electron chi connectivity index (χ3n) is 7.41. The lowest BCUT2D eigenvalue weighted by Gasteiger charge is -2.53. The van der Waals surface area contributed by atoms with Crippen LogP contribution in [0.2, 0.25) is 0 Å². The summed E-state index contributed by atoms with van der Waals surface area (Å²) < 4.78 is 0. The van der Waals surface area contributed by atoms with E-state index in [1.165, 1.54) is 24.0 Å². The van der Waals surface area contributed by atoms with Crippen LogP contribution in [0.15, 0.2) is 18.2 Å². The van der Waals surface area contributed by atoms with Crippen LogP contribution in [-0.2, 0) is 6.42 Å². The summed E-state index contributed by atoms with van der Waals surface area (Å²) in [4.78, 5) is 0. The second-order valence-corrected chi connectivity index (χ2v) is 9.07. The molecule has 0 radical (unpaired) electrons. The van der Waals surface area contributed by atoms with Crippen molar-refractivity contribution in [2.45, 2.75) is 64.9 Å². The zero-order valence-electron chi connectivity index (χ0n) is 14.6. The van der Waals surface area contributed by atoms with Gasteiger partial charge >= 0.3 is 0 Å². The van der Waals surface area contributed by atoms with Crippen molar-refractivity contribution >= 4 is 0 Å². The van der Waals surface area contributed by atoms with Crippen LogP contribution < -0.4 is 0 Å². The molecule has 4 rings (SSSR count). The molecule has 0 aliphatic heterocycles. The quantitative estimate of drug-likeness (QED) is 0.801. The van der Waals surface area contributed by atoms with Gasteiger partial charge in [-0.2, -0.15) is 0 Å². The normalized spacial score (nSPS) is 42.2. The molecule has 1 aromatic carbocycles. The van der Waals surface area contributed by atoms with Crippen LogP contribution in [0.3, 0.4) is 0 Å². The Balaban J connectivity index is 1.79. The molecule has 3 aliphatic carbocycles. The first-order chi connectivity index (χ1) is 10.9. The van der Waals surface area contributed by atoms with Crippen molar-refractivity contribution in [3.8, 4) is 5.75 Å². The Morgan fingerprint density at radius 3 is 2.78 bits per heavy atom. The van der Waals surface area contributed by atoms with E-state index >= 15 is 0 Å². The van der Waals surface area contributed by atoms with Crippen LogP contribution in [0, 0.1) is 29.1 Å².